The molecule has 2 aromatic heterocycles. The average Bonchev–Trinajstić information content (AvgIpc) is 2.98. The van der Waals surface area contributed by atoms with Crippen LogP contribution in [0.4, 0.5) is 5.82 Å². The Kier molecular flexibility index (Phi) is 5.05. The molecule has 2 heterocycles. The first kappa shape index (κ1) is 14.0. The molecule has 2 rings (SSSR count). The standard InChI is InChI=1S/C13H17N5O2/c1-2-20-13(19)11-4-5-12(15-10-11)14-6-3-8-18-9-7-16-17-18/h4-5,7,9-10H,2-3,6,8H2,1H3,(H,14,15). The van der Waals surface area contributed by atoms with Crippen LogP contribution in [0.15, 0.2) is 30.7 Å². The summed E-state index contributed by atoms with van der Waals surface area (Å²) in [5, 5.41) is 10.8. The van der Waals surface area contributed by atoms with Crippen LogP contribution >= 0.6 is 0 Å². The second-order valence-corrected chi connectivity index (χ2v) is 4.10. The summed E-state index contributed by atoms with van der Waals surface area (Å²) in [6.07, 6.45) is 5.90. The van der Waals surface area contributed by atoms with Crippen molar-refractivity contribution in [3.05, 3.63) is 36.3 Å². The molecule has 0 aliphatic heterocycles. The number of hydrogen-bond acceptors (Lipinski definition) is 6. The third kappa shape index (κ3) is 4.04. The van der Waals surface area contributed by atoms with E-state index in [0.29, 0.717) is 12.2 Å². The van der Waals surface area contributed by atoms with Crippen LogP contribution in [0.5, 0.6) is 0 Å². The van der Waals surface area contributed by atoms with Gasteiger partial charge >= 0.3 is 5.97 Å². The van der Waals surface area contributed by atoms with Gasteiger partial charge in [-0.05, 0) is 25.5 Å². The zero-order valence-electron chi connectivity index (χ0n) is 11.3. The Morgan fingerprint density at radius 3 is 3.00 bits per heavy atom. The quantitative estimate of drug-likeness (QED) is 0.607. The lowest BCUT2D eigenvalue weighted by Crippen LogP contribution is -2.09. The summed E-state index contributed by atoms with van der Waals surface area (Å²) in [7, 11) is 0. The van der Waals surface area contributed by atoms with Crippen molar-refractivity contribution in [3.8, 4) is 0 Å². The highest BCUT2D eigenvalue weighted by Gasteiger charge is 2.06. The van der Waals surface area contributed by atoms with E-state index in [1.165, 1.54) is 6.20 Å². The van der Waals surface area contributed by atoms with Gasteiger partial charge in [-0.1, -0.05) is 5.21 Å². The fourth-order valence-electron chi connectivity index (χ4n) is 1.64. The van der Waals surface area contributed by atoms with E-state index in [1.807, 2.05) is 6.20 Å². The number of esters is 1. The maximum absolute atomic E-state index is 11.4. The topological polar surface area (TPSA) is 81.9 Å². The summed E-state index contributed by atoms with van der Waals surface area (Å²) < 4.78 is 6.67. The van der Waals surface area contributed by atoms with E-state index in [1.54, 1.807) is 29.9 Å². The Labute approximate surface area is 117 Å². The highest BCUT2D eigenvalue weighted by atomic mass is 16.5. The second-order valence-electron chi connectivity index (χ2n) is 4.10. The lowest BCUT2D eigenvalue weighted by molar-refractivity contribution is 0.0526. The molecule has 1 N–H and O–H groups in total. The molecule has 7 heteroatoms. The molecule has 0 radical (unpaired) electrons. The number of hydrogen-bond donors (Lipinski definition) is 1. The predicted molar refractivity (Wildman–Crippen MR) is 73.3 cm³/mol. The van der Waals surface area contributed by atoms with E-state index in [0.717, 1.165) is 25.3 Å². The largest absolute Gasteiger partial charge is 0.462 e. The molecular weight excluding hydrogens is 258 g/mol. The first-order valence-corrected chi connectivity index (χ1v) is 6.50. The molecule has 20 heavy (non-hydrogen) atoms. The van der Waals surface area contributed by atoms with Gasteiger partial charge < -0.3 is 10.1 Å². The van der Waals surface area contributed by atoms with Crippen molar-refractivity contribution >= 4 is 11.8 Å². The molecule has 0 aliphatic rings. The normalized spacial score (nSPS) is 10.2. The van der Waals surface area contributed by atoms with Crippen LogP contribution < -0.4 is 5.32 Å². The number of carbonyl (C=O) groups is 1. The van der Waals surface area contributed by atoms with Crippen molar-refractivity contribution in [3.63, 3.8) is 0 Å². The van der Waals surface area contributed by atoms with Gasteiger partial charge in [-0.25, -0.2) is 9.78 Å². The van der Waals surface area contributed by atoms with Gasteiger partial charge in [0.15, 0.2) is 0 Å². The zero-order chi connectivity index (χ0) is 14.2. The van der Waals surface area contributed by atoms with Crippen molar-refractivity contribution in [1.29, 1.82) is 0 Å². The van der Waals surface area contributed by atoms with Gasteiger partial charge in [-0.2, -0.15) is 0 Å². The molecule has 0 fully saturated rings. The summed E-state index contributed by atoms with van der Waals surface area (Å²) in [6, 6.07) is 3.46. The van der Waals surface area contributed by atoms with Crippen LogP contribution in [0.2, 0.25) is 0 Å². The summed E-state index contributed by atoms with van der Waals surface area (Å²) in [6.45, 7) is 3.71. The number of nitrogens with one attached hydrogen (secondary N) is 1. The van der Waals surface area contributed by atoms with Crippen molar-refractivity contribution in [2.45, 2.75) is 19.9 Å². The molecule has 2 aromatic rings. The van der Waals surface area contributed by atoms with Gasteiger partial charge in [0.2, 0.25) is 0 Å². The third-order valence-corrected chi connectivity index (χ3v) is 2.62. The molecule has 106 valence electrons. The van der Waals surface area contributed by atoms with Gasteiger partial charge in [0, 0.05) is 25.5 Å². The van der Waals surface area contributed by atoms with Gasteiger partial charge in [0.1, 0.15) is 5.82 Å². The summed E-state index contributed by atoms with van der Waals surface area (Å²) in [5.74, 6) is 0.384. The minimum atomic E-state index is -0.349. The molecular formula is C13H17N5O2. The van der Waals surface area contributed by atoms with Crippen LogP contribution in [0.1, 0.15) is 23.7 Å². The monoisotopic (exact) mass is 275 g/mol. The molecule has 0 bridgehead atoms. The van der Waals surface area contributed by atoms with E-state index in [-0.39, 0.29) is 5.97 Å². The molecule has 0 spiro atoms. The maximum atomic E-state index is 11.4. The Balaban J connectivity index is 1.74. The highest BCUT2D eigenvalue weighted by molar-refractivity contribution is 5.89. The van der Waals surface area contributed by atoms with E-state index in [2.05, 4.69) is 20.6 Å². The van der Waals surface area contributed by atoms with Crippen molar-refractivity contribution in [1.82, 2.24) is 20.0 Å². The van der Waals surface area contributed by atoms with E-state index in [4.69, 9.17) is 4.74 Å². The van der Waals surface area contributed by atoms with Crippen LogP contribution in [-0.4, -0.2) is 39.1 Å². The van der Waals surface area contributed by atoms with Gasteiger partial charge in [-0.15, -0.1) is 5.10 Å². The molecule has 0 unspecified atom stereocenters. The van der Waals surface area contributed by atoms with Crippen molar-refractivity contribution < 1.29 is 9.53 Å². The number of aryl methyl sites for hydroxylation is 1. The van der Waals surface area contributed by atoms with E-state index >= 15 is 0 Å². The SMILES string of the molecule is CCOC(=O)c1ccc(NCCCn2ccnn2)nc1. The van der Waals surface area contributed by atoms with Gasteiger partial charge in [0.25, 0.3) is 0 Å². The van der Waals surface area contributed by atoms with Crippen LogP contribution in [0, 0.1) is 0 Å². The van der Waals surface area contributed by atoms with Gasteiger partial charge in [-0.3, -0.25) is 4.68 Å². The second kappa shape index (κ2) is 7.22. The summed E-state index contributed by atoms with van der Waals surface area (Å²) >= 11 is 0. The van der Waals surface area contributed by atoms with Crippen LogP contribution in [-0.2, 0) is 11.3 Å². The molecule has 0 atom stereocenters. The van der Waals surface area contributed by atoms with Crippen LogP contribution in [0.3, 0.4) is 0 Å². The van der Waals surface area contributed by atoms with Crippen LogP contribution in [0.25, 0.3) is 0 Å². The molecule has 0 aromatic carbocycles. The fourth-order valence-corrected chi connectivity index (χ4v) is 1.64. The number of nitrogens with zero attached hydrogens (tertiary/aromatic N) is 4. The first-order valence-electron chi connectivity index (χ1n) is 6.50. The number of carbonyl (C=O) groups excluding carboxylic acids is 1. The van der Waals surface area contributed by atoms with E-state index in [9.17, 15) is 4.79 Å². The molecule has 0 amide bonds. The summed E-state index contributed by atoms with van der Waals surface area (Å²) in [5.41, 5.74) is 0.458. The fraction of sp³-hybridized carbons (Fsp3) is 0.385. The highest BCUT2D eigenvalue weighted by Crippen LogP contribution is 2.06. The smallest absolute Gasteiger partial charge is 0.339 e. The predicted octanol–water partition coefficient (Wildman–Crippen LogP) is 1.35. The number of aromatic nitrogens is 4. The first-order chi connectivity index (χ1) is 9.79. The average molecular weight is 275 g/mol. The minimum absolute atomic E-state index is 0.349. The summed E-state index contributed by atoms with van der Waals surface area (Å²) in [4.78, 5) is 15.6. The Bertz CT molecular complexity index is 524. The zero-order valence-corrected chi connectivity index (χ0v) is 11.3. The Hall–Kier alpha value is -2.44. The number of ether oxygens (including phenoxy) is 1. The molecule has 7 nitrogen and oxygen atoms in total. The molecule has 0 saturated heterocycles. The van der Waals surface area contributed by atoms with E-state index < -0.39 is 0 Å². The van der Waals surface area contributed by atoms with Gasteiger partial charge in [0.05, 0.1) is 18.4 Å². The van der Waals surface area contributed by atoms with Crippen molar-refractivity contribution in [2.75, 3.05) is 18.5 Å². The number of pyridine rings is 1. The maximum Gasteiger partial charge on any atom is 0.339 e. The Morgan fingerprint density at radius 1 is 1.45 bits per heavy atom. The third-order valence-electron chi connectivity index (χ3n) is 2.62. The lowest BCUT2D eigenvalue weighted by Gasteiger charge is -2.06. The van der Waals surface area contributed by atoms with Crippen molar-refractivity contribution in [2.24, 2.45) is 0 Å². The number of anilines is 1. The molecule has 0 aliphatic carbocycles. The Morgan fingerprint density at radius 2 is 2.35 bits per heavy atom. The number of rotatable bonds is 7. The minimum Gasteiger partial charge on any atom is -0.462 e. The molecule has 0 saturated carbocycles. The lowest BCUT2D eigenvalue weighted by atomic mass is 10.3.